The lowest BCUT2D eigenvalue weighted by Crippen LogP contribution is -2.60. The van der Waals surface area contributed by atoms with Gasteiger partial charge in [-0.15, -0.1) is 0 Å². The summed E-state index contributed by atoms with van der Waals surface area (Å²) < 4.78 is 5.51. The van der Waals surface area contributed by atoms with Crippen LogP contribution in [0, 0.1) is 17.8 Å². The highest BCUT2D eigenvalue weighted by Crippen LogP contribution is 2.47. The first-order valence-corrected chi connectivity index (χ1v) is 7.38. The van der Waals surface area contributed by atoms with Crippen molar-refractivity contribution >= 4 is 5.97 Å². The maximum atomic E-state index is 12.2. The molecule has 104 valence electrons. The first kappa shape index (κ1) is 13.9. The molecule has 2 fully saturated rings. The van der Waals surface area contributed by atoms with Gasteiger partial charge in [-0.25, -0.2) is 0 Å². The van der Waals surface area contributed by atoms with Crippen molar-refractivity contribution in [1.82, 2.24) is 0 Å². The minimum atomic E-state index is -0.399. The molecule has 2 saturated carbocycles. The van der Waals surface area contributed by atoms with E-state index in [-0.39, 0.29) is 17.9 Å². The Morgan fingerprint density at radius 1 is 1.06 bits per heavy atom. The number of hydrogen-bond donors (Lipinski definition) is 1. The number of rotatable bonds is 1. The molecule has 3 nitrogen and oxygen atoms in total. The molecule has 0 spiro atoms. The van der Waals surface area contributed by atoms with E-state index in [4.69, 9.17) is 10.5 Å². The SMILES string of the molecule is CC(C)(C)OC(=O)[C@@H]1[C@@H](N)[C@@H]2CCCCCC[C@@H]21. The molecule has 4 atom stereocenters. The summed E-state index contributed by atoms with van der Waals surface area (Å²) in [5.41, 5.74) is 5.82. The van der Waals surface area contributed by atoms with Crippen LogP contribution in [0.3, 0.4) is 0 Å². The van der Waals surface area contributed by atoms with Crippen molar-refractivity contribution in [2.24, 2.45) is 23.5 Å². The van der Waals surface area contributed by atoms with Crippen LogP contribution in [0.25, 0.3) is 0 Å². The monoisotopic (exact) mass is 253 g/mol. The average Bonchev–Trinajstić information content (AvgIpc) is 2.19. The topological polar surface area (TPSA) is 52.3 Å². The van der Waals surface area contributed by atoms with E-state index < -0.39 is 5.60 Å². The maximum Gasteiger partial charge on any atom is 0.311 e. The second kappa shape index (κ2) is 5.20. The Morgan fingerprint density at radius 3 is 2.17 bits per heavy atom. The number of fused-ring (bicyclic) bond motifs is 1. The number of carbonyl (C=O) groups is 1. The van der Waals surface area contributed by atoms with Crippen LogP contribution in [0.2, 0.25) is 0 Å². The van der Waals surface area contributed by atoms with Crippen LogP contribution in [-0.4, -0.2) is 17.6 Å². The van der Waals surface area contributed by atoms with Crippen LogP contribution >= 0.6 is 0 Å². The minimum absolute atomic E-state index is 0.0305. The van der Waals surface area contributed by atoms with E-state index in [9.17, 15) is 4.79 Å². The predicted octanol–water partition coefficient (Wildman–Crippen LogP) is 2.87. The number of carbonyl (C=O) groups excluding carboxylic acids is 1. The molecule has 2 aliphatic rings. The van der Waals surface area contributed by atoms with Crippen molar-refractivity contribution in [1.29, 1.82) is 0 Å². The van der Waals surface area contributed by atoms with Crippen molar-refractivity contribution in [3.05, 3.63) is 0 Å². The van der Waals surface area contributed by atoms with Gasteiger partial charge in [0.25, 0.3) is 0 Å². The third kappa shape index (κ3) is 2.87. The largest absolute Gasteiger partial charge is 0.460 e. The molecule has 0 aliphatic heterocycles. The lowest BCUT2D eigenvalue weighted by atomic mass is 9.57. The van der Waals surface area contributed by atoms with Crippen molar-refractivity contribution in [3.8, 4) is 0 Å². The molecule has 0 unspecified atom stereocenters. The Hall–Kier alpha value is -0.570. The lowest BCUT2D eigenvalue weighted by Gasteiger charge is -2.50. The smallest absolute Gasteiger partial charge is 0.311 e. The van der Waals surface area contributed by atoms with Gasteiger partial charge in [0.05, 0.1) is 5.92 Å². The summed E-state index contributed by atoms with van der Waals surface area (Å²) in [5, 5.41) is 0. The van der Waals surface area contributed by atoms with E-state index in [1.54, 1.807) is 0 Å². The van der Waals surface area contributed by atoms with Gasteiger partial charge < -0.3 is 10.5 Å². The summed E-state index contributed by atoms with van der Waals surface area (Å²) >= 11 is 0. The fourth-order valence-electron chi connectivity index (χ4n) is 3.57. The van der Waals surface area contributed by atoms with Gasteiger partial charge in [-0.2, -0.15) is 0 Å². The van der Waals surface area contributed by atoms with Crippen LogP contribution in [0.4, 0.5) is 0 Å². The molecule has 0 aromatic heterocycles. The van der Waals surface area contributed by atoms with Crippen LogP contribution < -0.4 is 5.73 Å². The molecule has 2 aliphatic carbocycles. The maximum absolute atomic E-state index is 12.2. The standard InChI is InChI=1S/C15H27NO2/c1-15(2,3)18-14(17)12-10-8-6-4-5-7-9-11(10)13(12)16/h10-13H,4-9,16H2,1-3H3/t10-,11+,12-,13-/m0/s1. The quantitative estimate of drug-likeness (QED) is 0.731. The third-order valence-corrected chi connectivity index (χ3v) is 4.42. The van der Waals surface area contributed by atoms with Gasteiger partial charge in [0, 0.05) is 6.04 Å². The Morgan fingerprint density at radius 2 is 1.61 bits per heavy atom. The second-order valence-corrected chi connectivity index (χ2v) is 6.96. The third-order valence-electron chi connectivity index (χ3n) is 4.42. The zero-order valence-corrected chi connectivity index (χ0v) is 11.9. The van der Waals surface area contributed by atoms with Crippen LogP contribution in [0.5, 0.6) is 0 Å². The first-order chi connectivity index (χ1) is 8.40. The summed E-state index contributed by atoms with van der Waals surface area (Å²) in [6.45, 7) is 5.76. The van der Waals surface area contributed by atoms with Crippen LogP contribution in [0.1, 0.15) is 59.3 Å². The van der Waals surface area contributed by atoms with E-state index >= 15 is 0 Å². The van der Waals surface area contributed by atoms with Crippen molar-refractivity contribution in [3.63, 3.8) is 0 Å². The number of hydrogen-bond acceptors (Lipinski definition) is 3. The molecule has 2 N–H and O–H groups in total. The number of ether oxygens (including phenoxy) is 1. The van der Waals surface area contributed by atoms with Gasteiger partial charge in [0.2, 0.25) is 0 Å². The van der Waals surface area contributed by atoms with Gasteiger partial charge in [-0.1, -0.05) is 25.7 Å². The van der Waals surface area contributed by atoms with Gasteiger partial charge >= 0.3 is 5.97 Å². The highest BCUT2D eigenvalue weighted by atomic mass is 16.6. The molecule has 0 aromatic rings. The molecule has 0 radical (unpaired) electrons. The molecule has 0 bridgehead atoms. The van der Waals surface area contributed by atoms with E-state index in [1.807, 2.05) is 20.8 Å². The summed E-state index contributed by atoms with van der Waals surface area (Å²) in [5.74, 6) is 0.919. The molecule has 0 heterocycles. The molecule has 0 aromatic carbocycles. The van der Waals surface area contributed by atoms with Crippen molar-refractivity contribution < 1.29 is 9.53 Å². The van der Waals surface area contributed by atoms with Gasteiger partial charge in [0.15, 0.2) is 0 Å². The predicted molar refractivity (Wildman–Crippen MR) is 72.0 cm³/mol. The highest BCUT2D eigenvalue weighted by Gasteiger charge is 2.52. The minimum Gasteiger partial charge on any atom is -0.460 e. The summed E-state index contributed by atoms with van der Waals surface area (Å²) in [4.78, 5) is 12.2. The fraction of sp³-hybridized carbons (Fsp3) is 0.933. The summed E-state index contributed by atoms with van der Waals surface area (Å²) in [7, 11) is 0. The lowest BCUT2D eigenvalue weighted by molar-refractivity contribution is -0.172. The number of nitrogens with two attached hydrogens (primary N) is 1. The Balaban J connectivity index is 1.98. The molecular formula is C15H27NO2. The van der Waals surface area contributed by atoms with Crippen molar-refractivity contribution in [2.45, 2.75) is 70.9 Å². The Bertz CT molecular complexity index is 308. The van der Waals surface area contributed by atoms with Crippen molar-refractivity contribution in [2.75, 3.05) is 0 Å². The molecule has 0 amide bonds. The zero-order chi connectivity index (χ0) is 13.3. The molecule has 2 rings (SSSR count). The van der Waals surface area contributed by atoms with Crippen LogP contribution in [-0.2, 0) is 9.53 Å². The van der Waals surface area contributed by atoms with E-state index in [1.165, 1.54) is 32.1 Å². The second-order valence-electron chi connectivity index (χ2n) is 6.96. The molecular weight excluding hydrogens is 226 g/mol. The normalized spacial score (nSPS) is 36.9. The molecule has 3 heteroatoms. The van der Waals surface area contributed by atoms with E-state index in [0.29, 0.717) is 11.8 Å². The molecule has 0 saturated heterocycles. The van der Waals surface area contributed by atoms with Crippen LogP contribution in [0.15, 0.2) is 0 Å². The average molecular weight is 253 g/mol. The fourth-order valence-corrected chi connectivity index (χ4v) is 3.57. The zero-order valence-electron chi connectivity index (χ0n) is 11.9. The first-order valence-electron chi connectivity index (χ1n) is 7.38. The summed E-state index contributed by atoms with van der Waals surface area (Å²) in [6.07, 6.45) is 7.50. The van der Waals surface area contributed by atoms with E-state index in [2.05, 4.69) is 0 Å². The van der Waals surface area contributed by atoms with Gasteiger partial charge in [-0.3, -0.25) is 4.79 Å². The number of esters is 1. The molecule has 18 heavy (non-hydrogen) atoms. The van der Waals surface area contributed by atoms with E-state index in [0.717, 1.165) is 6.42 Å². The highest BCUT2D eigenvalue weighted by molar-refractivity contribution is 5.75. The van der Waals surface area contributed by atoms with Gasteiger partial charge in [0.1, 0.15) is 5.60 Å². The summed E-state index contributed by atoms with van der Waals surface area (Å²) in [6, 6.07) is 0.0305. The Kier molecular flexibility index (Phi) is 4.00. The van der Waals surface area contributed by atoms with Gasteiger partial charge in [-0.05, 0) is 45.4 Å². The Labute approximate surface area is 110 Å².